The Hall–Kier alpha value is 0.674. The molecule has 0 aromatic heterocycles. The summed E-state index contributed by atoms with van der Waals surface area (Å²) >= 11 is 5.69. The van der Waals surface area contributed by atoms with Gasteiger partial charge in [-0.1, -0.05) is 0 Å². The zero-order valence-corrected chi connectivity index (χ0v) is 12.9. The molecule has 0 atom stereocenters. The SMILES string of the molecule is [Li][Se]c1ccccc1-c1ccccc1[Se][Li]. The first-order chi connectivity index (χ1) is 7.86. The number of benzene rings is 2. The van der Waals surface area contributed by atoms with E-state index in [1.54, 1.807) is 0 Å². The molecular weight excluding hydrogens is 316 g/mol. The Morgan fingerprint density at radius 3 is 1.38 bits per heavy atom. The molecule has 2 rings (SSSR count). The molecule has 0 heterocycles. The van der Waals surface area contributed by atoms with Gasteiger partial charge in [0.25, 0.3) is 0 Å². The van der Waals surface area contributed by atoms with Gasteiger partial charge in [-0.05, 0) is 0 Å². The number of rotatable bonds is 3. The zero-order valence-electron chi connectivity index (χ0n) is 9.44. The van der Waals surface area contributed by atoms with Gasteiger partial charge in [-0.15, -0.1) is 0 Å². The molecule has 0 amide bonds. The monoisotopic (exact) mass is 326 g/mol. The predicted molar refractivity (Wildman–Crippen MR) is 74.2 cm³/mol. The summed E-state index contributed by atoms with van der Waals surface area (Å²) in [6, 6.07) is 17.6. The molecule has 0 saturated carbocycles. The first-order valence-corrected chi connectivity index (χ1v) is 10.3. The first kappa shape index (κ1) is 13.1. The van der Waals surface area contributed by atoms with Crippen molar-refractivity contribution in [2.75, 3.05) is 0 Å². The Morgan fingerprint density at radius 2 is 1.00 bits per heavy atom. The third-order valence-electron chi connectivity index (χ3n) is 2.50. The van der Waals surface area contributed by atoms with Crippen molar-refractivity contribution >= 4 is 66.0 Å². The van der Waals surface area contributed by atoms with Gasteiger partial charge in [-0.3, -0.25) is 0 Å². The van der Waals surface area contributed by atoms with Gasteiger partial charge in [-0.2, -0.15) is 0 Å². The Labute approximate surface area is 124 Å². The van der Waals surface area contributed by atoms with E-state index in [0.717, 1.165) is 0 Å². The molecule has 0 aliphatic carbocycles. The molecule has 0 N–H and O–H groups in total. The summed E-state index contributed by atoms with van der Waals surface area (Å²) in [5.74, 6) is 0. The van der Waals surface area contributed by atoms with Gasteiger partial charge in [-0.25, -0.2) is 0 Å². The van der Waals surface area contributed by atoms with Gasteiger partial charge in [0, 0.05) is 0 Å². The summed E-state index contributed by atoms with van der Waals surface area (Å²) in [4.78, 5) is 0. The Kier molecular flexibility index (Phi) is 5.38. The third-order valence-corrected chi connectivity index (χ3v) is 5.84. The molecule has 2 aromatic carbocycles. The van der Waals surface area contributed by atoms with E-state index >= 15 is 0 Å². The summed E-state index contributed by atoms with van der Waals surface area (Å²) in [6.45, 7) is 0. The average Bonchev–Trinajstić information content (AvgIpc) is 2.38. The quantitative estimate of drug-likeness (QED) is 0.707. The standard InChI is InChI=1S/C12H10Se2.2Li/c13-11-7-3-1-5-9(11)10-6-2-4-8-12(10)14;;/h1-8,13-14H;;/q;2*+1/p-2. The molecule has 0 aliphatic rings. The maximum absolute atomic E-state index is 2.28. The normalized spacial score (nSPS) is 10.5. The molecule has 0 unspecified atom stereocenters. The van der Waals surface area contributed by atoms with Crippen LogP contribution in [0.4, 0.5) is 0 Å². The van der Waals surface area contributed by atoms with Crippen LogP contribution in [0.1, 0.15) is 0 Å². The topological polar surface area (TPSA) is 0 Å². The van der Waals surface area contributed by atoms with Crippen LogP contribution in [0.15, 0.2) is 48.5 Å². The molecule has 0 aliphatic heterocycles. The van der Waals surface area contributed by atoms with Crippen LogP contribution in [0.5, 0.6) is 0 Å². The Bertz CT molecular complexity index is 440. The van der Waals surface area contributed by atoms with Crippen molar-refractivity contribution in [1.82, 2.24) is 0 Å². The van der Waals surface area contributed by atoms with Gasteiger partial charge >= 0.3 is 126 Å². The van der Waals surface area contributed by atoms with E-state index in [2.05, 4.69) is 80.1 Å². The molecule has 16 heavy (non-hydrogen) atoms. The molecule has 2 aromatic rings. The van der Waals surface area contributed by atoms with Crippen molar-refractivity contribution in [2.45, 2.75) is 0 Å². The molecular formula is C12H8Li2Se2. The first-order valence-electron chi connectivity index (χ1n) is 5.13. The summed E-state index contributed by atoms with van der Waals surface area (Å²) in [7, 11) is 0. The van der Waals surface area contributed by atoms with Crippen LogP contribution < -0.4 is 8.92 Å². The Morgan fingerprint density at radius 1 is 0.625 bits per heavy atom. The zero-order chi connectivity index (χ0) is 11.4. The van der Waals surface area contributed by atoms with Gasteiger partial charge in [0.1, 0.15) is 0 Å². The summed E-state index contributed by atoms with van der Waals surface area (Å²) in [6.07, 6.45) is 0. The van der Waals surface area contributed by atoms with Gasteiger partial charge in [0.15, 0.2) is 0 Å². The molecule has 70 valence electrons. The van der Waals surface area contributed by atoms with Crippen LogP contribution in [0.2, 0.25) is 0 Å². The maximum atomic E-state index is 2.28. The van der Waals surface area contributed by atoms with Crippen LogP contribution in [-0.4, -0.2) is 57.1 Å². The van der Waals surface area contributed by atoms with E-state index in [-0.39, 0.29) is 0 Å². The van der Waals surface area contributed by atoms with Crippen molar-refractivity contribution in [2.24, 2.45) is 0 Å². The second kappa shape index (κ2) is 6.56. The summed E-state index contributed by atoms with van der Waals surface area (Å²) in [5, 5.41) is 0. The summed E-state index contributed by atoms with van der Waals surface area (Å²) in [5.41, 5.74) is 2.87. The van der Waals surface area contributed by atoms with Gasteiger partial charge in [0.2, 0.25) is 0 Å². The third kappa shape index (κ3) is 2.92. The summed E-state index contributed by atoms with van der Waals surface area (Å²) < 4.78 is 3.01. The van der Waals surface area contributed by atoms with Crippen LogP contribution in [-0.2, 0) is 0 Å². The molecule has 0 fully saturated rings. The van der Waals surface area contributed by atoms with Crippen molar-refractivity contribution in [3.05, 3.63) is 48.5 Å². The van der Waals surface area contributed by atoms with Crippen molar-refractivity contribution < 1.29 is 0 Å². The van der Waals surface area contributed by atoms with Crippen LogP contribution >= 0.6 is 0 Å². The van der Waals surface area contributed by atoms with E-state index in [1.807, 2.05) is 0 Å². The molecule has 0 spiro atoms. The van der Waals surface area contributed by atoms with E-state index in [0.29, 0.717) is 25.5 Å². The van der Waals surface area contributed by atoms with E-state index in [4.69, 9.17) is 0 Å². The fourth-order valence-corrected chi connectivity index (χ4v) is 4.30. The van der Waals surface area contributed by atoms with Crippen LogP contribution in [0, 0.1) is 0 Å². The molecule has 0 bridgehead atoms. The second-order valence-corrected chi connectivity index (χ2v) is 6.96. The fourth-order valence-electron chi connectivity index (χ4n) is 1.73. The van der Waals surface area contributed by atoms with Crippen LogP contribution in [0.25, 0.3) is 11.1 Å². The molecule has 0 radical (unpaired) electrons. The average molecular weight is 324 g/mol. The van der Waals surface area contributed by atoms with Gasteiger partial charge < -0.3 is 0 Å². The molecule has 4 heteroatoms. The predicted octanol–water partition coefficient (Wildman–Crippen LogP) is 0.180. The van der Waals surface area contributed by atoms with Crippen molar-refractivity contribution in [3.8, 4) is 11.1 Å². The second-order valence-electron chi connectivity index (χ2n) is 3.40. The fraction of sp³-hybridized carbons (Fsp3) is 0. The van der Waals surface area contributed by atoms with Crippen LogP contribution in [0.3, 0.4) is 0 Å². The minimum atomic E-state index is 0.560. The van der Waals surface area contributed by atoms with E-state index in [1.165, 1.54) is 20.1 Å². The number of hydrogen-bond donors (Lipinski definition) is 0. The van der Waals surface area contributed by atoms with Gasteiger partial charge in [0.05, 0.1) is 0 Å². The molecule has 0 saturated heterocycles. The number of hydrogen-bond acceptors (Lipinski definition) is 0. The van der Waals surface area contributed by atoms with Crippen molar-refractivity contribution in [1.29, 1.82) is 0 Å². The van der Waals surface area contributed by atoms with Crippen molar-refractivity contribution in [3.63, 3.8) is 0 Å². The van der Waals surface area contributed by atoms with E-state index in [9.17, 15) is 0 Å². The van der Waals surface area contributed by atoms with E-state index < -0.39 is 0 Å². The minimum absolute atomic E-state index is 0.560. The molecule has 0 nitrogen and oxygen atoms in total. The Balaban J connectivity index is 2.58.